The average Bonchev–Trinajstić information content (AvgIpc) is 1.76. The lowest BCUT2D eigenvalue weighted by atomic mass is 9.79. The van der Waals surface area contributed by atoms with Crippen LogP contribution >= 0.6 is 47.8 Å². The quantitative estimate of drug-likeness (QED) is 0.0803. The largest absolute Gasteiger partial charge is 0.481 e. The summed E-state index contributed by atoms with van der Waals surface area (Å²) in [5, 5.41) is 31.4. The molecule has 0 unspecified atom stereocenters. The molecular formula is C60H73ClF2N12O11S3. The average molecular weight is 1310 g/mol. The van der Waals surface area contributed by atoms with Gasteiger partial charge in [0.25, 0.3) is 0 Å². The molecule has 4 atom stereocenters. The molecule has 7 aliphatic heterocycles. The summed E-state index contributed by atoms with van der Waals surface area (Å²) in [5.74, 6) is -2.99. The summed E-state index contributed by atoms with van der Waals surface area (Å²) < 4.78 is 44.9. The number of carbonyl (C=O) groups excluding carboxylic acids is 4. The molecule has 4 N–H and O–H groups in total. The third-order valence-electron chi connectivity index (χ3n) is 17.4. The van der Waals surface area contributed by atoms with Gasteiger partial charge in [-0.3, -0.25) is 29.4 Å². The molecule has 0 radical (unpaired) electrons. The van der Waals surface area contributed by atoms with Gasteiger partial charge in [0.05, 0.1) is 46.8 Å². The van der Waals surface area contributed by atoms with Crippen molar-refractivity contribution >= 4 is 95.4 Å². The molecule has 7 aliphatic rings. The Balaban J connectivity index is 0.000000210. The van der Waals surface area contributed by atoms with Crippen LogP contribution in [0.1, 0.15) is 86.2 Å². The number of ether oxygens (including phenoxy) is 3. The maximum atomic E-state index is 14.8. The van der Waals surface area contributed by atoms with Crippen molar-refractivity contribution in [1.29, 1.82) is 0 Å². The minimum atomic E-state index is -1.09. The SMILES string of the molecule is CCOC(=O)C1=C(CN2CCN3C(=O)N(CC4(C(=O)O)CCOCC4)C[C@]3(C)C2)NC(c2nccs2)=N[C@H]1c1cccc(F)c1C.COC(=O)C1=C(CN2CCN3C(=O)N(CC(C)(C)C(=O)O)C[C@]3(C)C2)NC(c2nccs2)=N[C@H]1c1ccc(F)cc1Cl.S. The van der Waals surface area contributed by atoms with Gasteiger partial charge in [-0.15, -0.1) is 22.7 Å². The predicted octanol–water partition coefficient (Wildman–Crippen LogP) is 6.68. The van der Waals surface area contributed by atoms with Crippen LogP contribution in [0, 0.1) is 29.4 Å². The number of aromatic nitrogens is 2. The van der Waals surface area contributed by atoms with E-state index in [1.807, 2.05) is 29.5 Å². The second-order valence-corrected chi connectivity index (χ2v) is 26.4. The third kappa shape index (κ3) is 13.5. The van der Waals surface area contributed by atoms with Gasteiger partial charge in [-0.2, -0.15) is 13.5 Å². The monoisotopic (exact) mass is 1310 g/mol. The molecule has 2 aromatic carbocycles. The van der Waals surface area contributed by atoms with E-state index >= 15 is 0 Å². The molecule has 4 amide bonds. The van der Waals surface area contributed by atoms with Crippen LogP contribution in [-0.4, -0.2) is 214 Å². The van der Waals surface area contributed by atoms with Gasteiger partial charge in [-0.25, -0.2) is 37.9 Å². The summed E-state index contributed by atoms with van der Waals surface area (Å²) in [4.78, 5) is 107. The molecular weight excluding hydrogens is 1230 g/mol. The highest BCUT2D eigenvalue weighted by Crippen LogP contribution is 2.42. The zero-order valence-electron chi connectivity index (χ0n) is 50.4. The number of amidine groups is 2. The number of hydrogen-bond donors (Lipinski definition) is 4. The van der Waals surface area contributed by atoms with E-state index in [-0.39, 0.29) is 55.9 Å². The number of hydrogen-bond acceptors (Lipinski definition) is 19. The fourth-order valence-corrected chi connectivity index (χ4v) is 14.3. The number of urea groups is 2. The molecule has 5 fully saturated rings. The van der Waals surface area contributed by atoms with Crippen LogP contribution < -0.4 is 10.6 Å². The highest BCUT2D eigenvalue weighted by molar-refractivity contribution is 7.59. The Kier molecular flexibility index (Phi) is 20.0. The number of benzene rings is 2. The summed E-state index contributed by atoms with van der Waals surface area (Å²) in [6.07, 6.45) is 4.05. The molecule has 23 nitrogen and oxygen atoms in total. The number of esters is 2. The van der Waals surface area contributed by atoms with Crippen LogP contribution in [0.15, 0.2) is 92.1 Å². The van der Waals surface area contributed by atoms with Crippen molar-refractivity contribution in [3.05, 3.63) is 125 Å². The van der Waals surface area contributed by atoms with Crippen LogP contribution in [0.25, 0.3) is 0 Å². The van der Waals surface area contributed by atoms with E-state index in [4.69, 9.17) is 35.8 Å². The van der Waals surface area contributed by atoms with Crippen molar-refractivity contribution in [2.24, 2.45) is 20.8 Å². The summed E-state index contributed by atoms with van der Waals surface area (Å²) >= 11 is 9.23. The fourth-order valence-electron chi connectivity index (χ4n) is 12.8. The molecule has 11 rings (SSSR count). The first-order valence-corrected chi connectivity index (χ1v) is 31.0. The molecule has 0 saturated carbocycles. The van der Waals surface area contributed by atoms with E-state index in [1.165, 1.54) is 54.0 Å². The molecule has 29 heteroatoms. The highest BCUT2D eigenvalue weighted by atomic mass is 35.5. The minimum Gasteiger partial charge on any atom is -0.481 e. The van der Waals surface area contributed by atoms with Gasteiger partial charge in [0.1, 0.15) is 23.7 Å². The van der Waals surface area contributed by atoms with Crippen molar-refractivity contribution in [2.45, 2.75) is 77.5 Å². The first kappa shape index (κ1) is 66.3. The van der Waals surface area contributed by atoms with E-state index < -0.39 is 69.5 Å². The Morgan fingerprint density at radius 1 is 0.787 bits per heavy atom. The van der Waals surface area contributed by atoms with Gasteiger partial charge in [0.15, 0.2) is 21.7 Å². The highest BCUT2D eigenvalue weighted by Gasteiger charge is 2.54. The first-order valence-electron chi connectivity index (χ1n) is 28.9. The van der Waals surface area contributed by atoms with E-state index in [0.29, 0.717) is 147 Å². The van der Waals surface area contributed by atoms with Crippen LogP contribution in [0.3, 0.4) is 0 Å². The summed E-state index contributed by atoms with van der Waals surface area (Å²) in [5.41, 5.74) is -0.203. The molecule has 478 valence electrons. The maximum absolute atomic E-state index is 14.8. The van der Waals surface area contributed by atoms with Gasteiger partial charge >= 0.3 is 35.9 Å². The lowest BCUT2D eigenvalue weighted by Crippen LogP contribution is -2.60. The van der Waals surface area contributed by atoms with E-state index in [0.717, 1.165) is 0 Å². The number of methoxy groups -OCH3 is 1. The number of aliphatic carboxylic acids is 2. The normalized spacial score (nSPS) is 23.7. The smallest absolute Gasteiger partial charge is 0.338 e. The van der Waals surface area contributed by atoms with E-state index in [9.17, 15) is 47.8 Å². The second kappa shape index (κ2) is 26.8. The maximum Gasteiger partial charge on any atom is 0.338 e. The minimum absolute atomic E-state index is 0. The summed E-state index contributed by atoms with van der Waals surface area (Å²) in [7, 11) is 1.29. The molecule has 2 aromatic heterocycles. The number of piperazine rings is 2. The number of thiazole rings is 2. The number of carboxylic acids is 2. The number of nitrogens with zero attached hydrogens (tertiary/aromatic N) is 10. The lowest BCUT2D eigenvalue weighted by Gasteiger charge is -2.44. The van der Waals surface area contributed by atoms with Gasteiger partial charge in [-0.05, 0) is 83.7 Å². The van der Waals surface area contributed by atoms with Gasteiger partial charge in [-0.1, -0.05) is 29.8 Å². The van der Waals surface area contributed by atoms with E-state index in [1.54, 1.807) is 66.9 Å². The van der Waals surface area contributed by atoms with Gasteiger partial charge < -0.3 is 54.7 Å². The molecule has 0 bridgehead atoms. The predicted molar refractivity (Wildman–Crippen MR) is 333 cm³/mol. The molecule has 0 aliphatic carbocycles. The summed E-state index contributed by atoms with van der Waals surface area (Å²) in [6.45, 7) is 16.0. The molecule has 89 heavy (non-hydrogen) atoms. The number of rotatable bonds is 17. The van der Waals surface area contributed by atoms with Gasteiger partial charge in [0.2, 0.25) is 0 Å². The van der Waals surface area contributed by atoms with Crippen LogP contribution in [0.2, 0.25) is 5.02 Å². The van der Waals surface area contributed by atoms with Crippen molar-refractivity contribution in [3.63, 3.8) is 0 Å². The van der Waals surface area contributed by atoms with Crippen LogP contribution in [0.4, 0.5) is 18.4 Å². The van der Waals surface area contributed by atoms with Crippen molar-refractivity contribution < 1.29 is 62.0 Å². The Hall–Kier alpha value is -7.08. The van der Waals surface area contributed by atoms with Gasteiger partial charge in [0, 0.05) is 137 Å². The zero-order chi connectivity index (χ0) is 63.0. The van der Waals surface area contributed by atoms with E-state index in [2.05, 4.69) is 30.4 Å². The number of halogens is 3. The second-order valence-electron chi connectivity index (χ2n) is 24.2. The van der Waals surface area contributed by atoms with Crippen molar-refractivity contribution in [2.75, 3.05) is 105 Å². The fraction of sp³-hybridized carbons (Fsp3) is 0.500. The van der Waals surface area contributed by atoms with Crippen molar-refractivity contribution in [3.8, 4) is 0 Å². The Bertz CT molecular complexity index is 3510. The number of carboxylic acid groups (broad SMARTS) is 2. The van der Waals surface area contributed by atoms with Crippen molar-refractivity contribution in [1.82, 2.24) is 50.0 Å². The third-order valence-corrected chi connectivity index (χ3v) is 19.3. The first-order chi connectivity index (χ1) is 41.9. The molecule has 0 spiro atoms. The number of carbonyl (C=O) groups is 6. The number of nitrogens with one attached hydrogen (secondary N) is 2. The molecule has 4 aromatic rings. The molecule has 9 heterocycles. The summed E-state index contributed by atoms with van der Waals surface area (Å²) in [6, 6.07) is 6.69. The number of aliphatic imine (C=N–C) groups is 2. The number of amides is 4. The molecule has 5 saturated heterocycles. The Labute approximate surface area is 533 Å². The van der Waals surface area contributed by atoms with Crippen LogP contribution in [-0.2, 0) is 33.4 Å². The topological polar surface area (TPSA) is 265 Å². The number of fused-ring (bicyclic) bond motifs is 2. The zero-order valence-corrected chi connectivity index (χ0v) is 53.8. The lowest BCUT2D eigenvalue weighted by molar-refractivity contribution is -0.156. The van der Waals surface area contributed by atoms with Crippen LogP contribution in [0.5, 0.6) is 0 Å². The standard InChI is InChI=1S/C32H39FN6O6S.C28H32ClFN6O5S.H2S/c1-4-45-28(40)24-23(35-26(27-34-10-15-46-27)36-25(24)21-6-5-7-22(33)20(21)2)16-37-11-12-39-30(43)38(18-31(39,3)17-37)19-32(29(41)42)8-13-44-14-9-32;1-27(2,25(38)39)13-35-15-28(3)14-34(8-9-36(28)26(35)40)12-19-20(24(37)41-4)21(17-6-5-16(30)11-18(17)29)33-22(32-19)23-31-7-10-42-23;/h5-7,10,15,25H,4,8-9,11-14,16-19H2,1-3H3,(H,35,36)(H,41,42);5-7,10-11,21H,8-9,12-15H2,1-4H3,(H,32,33)(H,38,39);1H2/t25-,31-;21-,28-;/m00./s1. The Morgan fingerprint density at radius 2 is 1.33 bits per heavy atom. The Morgan fingerprint density at radius 3 is 1.83 bits per heavy atom.